The van der Waals surface area contributed by atoms with Gasteiger partial charge in [0, 0.05) is 13.5 Å². The Bertz CT molecular complexity index is 447. The van der Waals surface area contributed by atoms with Crippen molar-refractivity contribution in [3.05, 3.63) is 22.7 Å². The summed E-state index contributed by atoms with van der Waals surface area (Å²) < 4.78 is 2.95. The molecule has 0 aromatic carbocycles. The second-order valence-corrected chi connectivity index (χ2v) is 3.75. The van der Waals surface area contributed by atoms with Crippen molar-refractivity contribution >= 4 is 27.0 Å². The van der Waals surface area contributed by atoms with Crippen molar-refractivity contribution in [3.63, 3.8) is 0 Å². The van der Waals surface area contributed by atoms with E-state index in [4.69, 9.17) is 0 Å². The minimum atomic E-state index is 0.852. The van der Waals surface area contributed by atoms with Crippen molar-refractivity contribution in [3.8, 4) is 0 Å². The normalized spacial score (nSPS) is 11.0. The summed E-state index contributed by atoms with van der Waals surface area (Å²) >= 11 is 3.35. The molecule has 4 heteroatoms. The predicted molar refractivity (Wildman–Crippen MR) is 55.6 cm³/mol. The quantitative estimate of drug-likeness (QED) is 0.716. The maximum Gasteiger partial charge on any atom is 0.109 e. The average Bonchev–Trinajstić information content (AvgIpc) is 2.44. The zero-order chi connectivity index (χ0) is 9.42. The van der Waals surface area contributed by atoms with Gasteiger partial charge >= 0.3 is 0 Å². The van der Waals surface area contributed by atoms with Crippen LogP contribution in [0.1, 0.15) is 12.7 Å². The van der Waals surface area contributed by atoms with Gasteiger partial charge in [-0.2, -0.15) is 0 Å². The van der Waals surface area contributed by atoms with Gasteiger partial charge in [-0.3, -0.25) is 0 Å². The summed E-state index contributed by atoms with van der Waals surface area (Å²) in [7, 11) is 2.03. The van der Waals surface area contributed by atoms with Gasteiger partial charge in [-0.25, -0.2) is 9.97 Å². The van der Waals surface area contributed by atoms with Crippen LogP contribution in [-0.2, 0) is 13.5 Å². The van der Waals surface area contributed by atoms with Crippen molar-refractivity contribution in [2.45, 2.75) is 13.3 Å². The summed E-state index contributed by atoms with van der Waals surface area (Å²) in [5.41, 5.74) is 2.08. The minimum Gasteiger partial charge on any atom is -0.331 e. The van der Waals surface area contributed by atoms with Gasteiger partial charge in [-0.05, 0) is 22.0 Å². The molecule has 2 rings (SSSR count). The third kappa shape index (κ3) is 1.35. The first-order valence-corrected chi connectivity index (χ1v) is 4.98. The summed E-state index contributed by atoms with van der Waals surface area (Å²) in [6.45, 7) is 2.10. The molecule has 2 heterocycles. The van der Waals surface area contributed by atoms with Crippen LogP contribution in [0.15, 0.2) is 16.9 Å². The maximum absolute atomic E-state index is 4.45. The molecule has 0 saturated heterocycles. The van der Waals surface area contributed by atoms with Crippen LogP contribution < -0.4 is 0 Å². The molecule has 3 nitrogen and oxygen atoms in total. The van der Waals surface area contributed by atoms with Gasteiger partial charge in [0.2, 0.25) is 0 Å². The number of hydrogen-bond donors (Lipinski definition) is 0. The monoisotopic (exact) mass is 239 g/mol. The highest BCUT2D eigenvalue weighted by Crippen LogP contribution is 2.17. The van der Waals surface area contributed by atoms with E-state index in [1.165, 1.54) is 0 Å². The number of fused-ring (bicyclic) bond motifs is 1. The fourth-order valence-electron chi connectivity index (χ4n) is 1.44. The van der Waals surface area contributed by atoms with Crippen molar-refractivity contribution < 1.29 is 0 Å². The van der Waals surface area contributed by atoms with Crippen LogP contribution in [0.25, 0.3) is 11.0 Å². The van der Waals surface area contributed by atoms with E-state index in [1.807, 2.05) is 13.1 Å². The Morgan fingerprint density at radius 1 is 1.54 bits per heavy atom. The molecule has 0 spiro atoms. The lowest BCUT2D eigenvalue weighted by Crippen LogP contribution is -1.94. The highest BCUT2D eigenvalue weighted by Gasteiger charge is 2.05. The van der Waals surface area contributed by atoms with E-state index in [1.54, 1.807) is 6.20 Å². The van der Waals surface area contributed by atoms with E-state index in [0.29, 0.717) is 0 Å². The maximum atomic E-state index is 4.45. The molecule has 0 unspecified atom stereocenters. The van der Waals surface area contributed by atoms with Gasteiger partial charge in [0.1, 0.15) is 15.9 Å². The highest BCUT2D eigenvalue weighted by molar-refractivity contribution is 9.10. The summed E-state index contributed by atoms with van der Waals surface area (Å²) in [5, 5.41) is 0. The molecule has 0 bridgehead atoms. The number of hydrogen-bond acceptors (Lipinski definition) is 2. The number of halogens is 1. The standard InChI is InChI=1S/C9H10BrN3/c1-3-9-12-6-5-11-8(10)4-7(6)13(9)2/h4-5H,3H2,1-2H3. The zero-order valence-electron chi connectivity index (χ0n) is 7.58. The number of nitrogens with zero attached hydrogens (tertiary/aromatic N) is 3. The Balaban J connectivity index is 2.77. The minimum absolute atomic E-state index is 0.852. The summed E-state index contributed by atoms with van der Waals surface area (Å²) in [6, 6.07) is 1.99. The molecule has 0 N–H and O–H groups in total. The SMILES string of the molecule is CCc1nc2cnc(Br)cc2n1C. The third-order valence-electron chi connectivity index (χ3n) is 2.14. The van der Waals surface area contributed by atoms with E-state index in [-0.39, 0.29) is 0 Å². The fourth-order valence-corrected chi connectivity index (χ4v) is 1.76. The molecule has 0 saturated carbocycles. The molecule has 68 valence electrons. The van der Waals surface area contributed by atoms with Crippen molar-refractivity contribution in [2.75, 3.05) is 0 Å². The number of rotatable bonds is 1. The molecule has 2 aromatic heterocycles. The number of pyridine rings is 1. The molecule has 0 radical (unpaired) electrons. The Kier molecular flexibility index (Phi) is 2.07. The molecule has 0 atom stereocenters. The van der Waals surface area contributed by atoms with Crippen LogP contribution in [-0.4, -0.2) is 14.5 Å². The van der Waals surface area contributed by atoms with Gasteiger partial charge in [-0.1, -0.05) is 6.92 Å². The van der Waals surface area contributed by atoms with E-state index >= 15 is 0 Å². The van der Waals surface area contributed by atoms with Crippen LogP contribution in [0.3, 0.4) is 0 Å². The summed E-state index contributed by atoms with van der Waals surface area (Å²) in [4.78, 5) is 8.59. The second kappa shape index (κ2) is 3.10. The van der Waals surface area contributed by atoms with E-state index in [9.17, 15) is 0 Å². The molecular formula is C9H10BrN3. The molecule has 0 fully saturated rings. The molecule has 0 aliphatic heterocycles. The fraction of sp³-hybridized carbons (Fsp3) is 0.333. The number of aryl methyl sites for hydroxylation is 2. The van der Waals surface area contributed by atoms with Gasteiger partial charge in [-0.15, -0.1) is 0 Å². The van der Waals surface area contributed by atoms with Gasteiger partial charge in [0.25, 0.3) is 0 Å². The molecule has 0 aliphatic rings. The number of aromatic nitrogens is 3. The van der Waals surface area contributed by atoms with Crippen LogP contribution >= 0.6 is 15.9 Å². The van der Waals surface area contributed by atoms with Gasteiger partial charge in [0.15, 0.2) is 0 Å². The topological polar surface area (TPSA) is 30.7 Å². The smallest absolute Gasteiger partial charge is 0.109 e. The van der Waals surface area contributed by atoms with Crippen LogP contribution in [0.2, 0.25) is 0 Å². The first-order valence-electron chi connectivity index (χ1n) is 4.19. The molecule has 0 amide bonds. The van der Waals surface area contributed by atoms with Crippen LogP contribution in [0, 0.1) is 0 Å². The highest BCUT2D eigenvalue weighted by atomic mass is 79.9. The first kappa shape index (κ1) is 8.69. The van der Waals surface area contributed by atoms with Crippen molar-refractivity contribution in [1.29, 1.82) is 0 Å². The lowest BCUT2D eigenvalue weighted by Gasteiger charge is -1.97. The first-order chi connectivity index (χ1) is 6.22. The lowest BCUT2D eigenvalue weighted by molar-refractivity contribution is 0.829. The van der Waals surface area contributed by atoms with Crippen molar-refractivity contribution in [1.82, 2.24) is 14.5 Å². The Labute approximate surface area is 84.9 Å². The molecule has 2 aromatic rings. The zero-order valence-corrected chi connectivity index (χ0v) is 9.17. The summed E-state index contributed by atoms with van der Waals surface area (Å²) in [5.74, 6) is 1.09. The lowest BCUT2D eigenvalue weighted by atomic mass is 10.4. The number of imidazole rings is 1. The average molecular weight is 240 g/mol. The predicted octanol–water partition coefficient (Wildman–Crippen LogP) is 2.29. The Morgan fingerprint density at radius 2 is 2.31 bits per heavy atom. The van der Waals surface area contributed by atoms with Gasteiger partial charge < -0.3 is 4.57 Å². The largest absolute Gasteiger partial charge is 0.331 e. The Hall–Kier alpha value is -0.900. The summed E-state index contributed by atoms with van der Waals surface area (Å²) in [6.07, 6.45) is 2.74. The van der Waals surface area contributed by atoms with E-state index < -0.39 is 0 Å². The molecular weight excluding hydrogens is 230 g/mol. The van der Waals surface area contributed by atoms with Crippen LogP contribution in [0.5, 0.6) is 0 Å². The second-order valence-electron chi connectivity index (χ2n) is 2.94. The molecule has 0 aliphatic carbocycles. The third-order valence-corrected chi connectivity index (χ3v) is 2.58. The van der Waals surface area contributed by atoms with E-state index in [0.717, 1.165) is 27.9 Å². The Morgan fingerprint density at radius 3 is 3.00 bits per heavy atom. The molecule has 13 heavy (non-hydrogen) atoms. The van der Waals surface area contributed by atoms with Gasteiger partial charge in [0.05, 0.1) is 11.7 Å². The van der Waals surface area contributed by atoms with Crippen molar-refractivity contribution in [2.24, 2.45) is 7.05 Å². The van der Waals surface area contributed by atoms with E-state index in [2.05, 4.69) is 37.4 Å². The van der Waals surface area contributed by atoms with Crippen LogP contribution in [0.4, 0.5) is 0 Å².